The highest BCUT2D eigenvalue weighted by atomic mass is 32.2. The lowest BCUT2D eigenvalue weighted by Gasteiger charge is -2.18. The van der Waals surface area contributed by atoms with Gasteiger partial charge in [-0.15, -0.1) is 0 Å². The fourth-order valence-corrected chi connectivity index (χ4v) is 6.22. The van der Waals surface area contributed by atoms with E-state index in [0.717, 1.165) is 11.1 Å². The third kappa shape index (κ3) is 9.08. The Morgan fingerprint density at radius 3 is 2.05 bits per heavy atom. The predicted molar refractivity (Wildman–Crippen MR) is 167 cm³/mol. The highest BCUT2D eigenvalue weighted by molar-refractivity contribution is 7.92. The summed E-state index contributed by atoms with van der Waals surface area (Å²) >= 11 is 0. The summed E-state index contributed by atoms with van der Waals surface area (Å²) in [4.78, 5) is 23.6. The molecule has 3 rings (SSSR count). The summed E-state index contributed by atoms with van der Waals surface area (Å²) in [7, 11) is -3.93. The van der Waals surface area contributed by atoms with Crippen molar-refractivity contribution in [3.8, 4) is 0 Å². The molecular weight excluding hydrogens is 536 g/mol. The van der Waals surface area contributed by atoms with Gasteiger partial charge in [0.1, 0.15) is 0 Å². The number of amides is 2. The van der Waals surface area contributed by atoms with Crippen LogP contribution in [0.1, 0.15) is 80.5 Å². The largest absolute Gasteiger partial charge is 0.325 e. The normalized spacial score (nSPS) is 11.2. The Morgan fingerprint density at radius 1 is 0.854 bits per heavy atom. The monoisotopic (exact) mass is 578 g/mol. The first kappa shape index (κ1) is 31.7. The lowest BCUT2D eigenvalue weighted by Crippen LogP contribution is -2.19. The zero-order chi connectivity index (χ0) is 29.8. The second-order valence-electron chi connectivity index (χ2n) is 10.4. The van der Waals surface area contributed by atoms with Crippen LogP contribution >= 0.6 is 0 Å². The minimum atomic E-state index is -3.93. The van der Waals surface area contributed by atoms with E-state index in [2.05, 4.69) is 46.9 Å². The Labute approximate surface area is 244 Å². The fourth-order valence-electron chi connectivity index (χ4n) is 4.91. The minimum absolute atomic E-state index is 0.0813. The first-order valence-electron chi connectivity index (χ1n) is 14.2. The third-order valence-electron chi connectivity index (χ3n) is 7.22. The quantitative estimate of drug-likeness (QED) is 0.110. The summed E-state index contributed by atoms with van der Waals surface area (Å²) in [5.74, 6) is 0.349. The van der Waals surface area contributed by atoms with Crippen molar-refractivity contribution in [1.82, 2.24) is 5.43 Å². The summed E-state index contributed by atoms with van der Waals surface area (Å²) in [6.07, 6.45) is 7.87. The first-order chi connectivity index (χ1) is 19.7. The molecule has 0 unspecified atom stereocenters. The Hall–Kier alpha value is -3.85. The van der Waals surface area contributed by atoms with Crippen LogP contribution in [0.25, 0.3) is 0 Å². The van der Waals surface area contributed by atoms with Crippen LogP contribution in [0.4, 0.5) is 17.1 Å². The van der Waals surface area contributed by atoms with Gasteiger partial charge >= 0.3 is 0 Å². The van der Waals surface area contributed by atoms with Crippen molar-refractivity contribution in [2.45, 2.75) is 83.5 Å². The molecule has 41 heavy (non-hydrogen) atoms. The number of nitrogens with one attached hydrogen (secondary N) is 4. The summed E-state index contributed by atoms with van der Waals surface area (Å²) < 4.78 is 29.1. The Morgan fingerprint density at radius 2 is 1.46 bits per heavy atom. The molecular formula is C32H42N4O4S. The van der Waals surface area contributed by atoms with E-state index in [1.807, 2.05) is 19.1 Å². The van der Waals surface area contributed by atoms with E-state index < -0.39 is 10.0 Å². The van der Waals surface area contributed by atoms with E-state index in [-0.39, 0.29) is 17.2 Å². The standard InChI is InChI=1S/C32H42N4O4S/c1-5-7-9-26(10-8-6-2)27-14-12-25(13-15-27)21-31(38)34-32-23(3)11-20-30(24(32)4)41(39,40)36-29-18-16-28(17-19-29)35-33-22-37/h11-20,22,26,35-36H,5-10,21H2,1-4H3,(H,33,37)(H,34,38). The maximum atomic E-state index is 13.2. The van der Waals surface area contributed by atoms with Gasteiger partial charge in [-0.25, -0.2) is 8.42 Å². The van der Waals surface area contributed by atoms with Crippen LogP contribution in [0.2, 0.25) is 0 Å². The molecule has 3 aromatic rings. The molecule has 0 saturated heterocycles. The number of rotatable bonds is 16. The maximum absolute atomic E-state index is 13.2. The van der Waals surface area contributed by atoms with Gasteiger partial charge in [-0.2, -0.15) is 0 Å². The predicted octanol–water partition coefficient (Wildman–Crippen LogP) is 6.82. The lowest BCUT2D eigenvalue weighted by molar-refractivity contribution is -0.115. The molecule has 0 spiro atoms. The maximum Gasteiger partial charge on any atom is 0.262 e. The van der Waals surface area contributed by atoms with E-state index in [0.29, 0.717) is 35.0 Å². The number of unbranched alkanes of at least 4 members (excludes halogenated alkanes) is 2. The van der Waals surface area contributed by atoms with E-state index in [1.54, 1.807) is 43.3 Å². The van der Waals surface area contributed by atoms with Gasteiger partial charge in [-0.3, -0.25) is 25.2 Å². The van der Waals surface area contributed by atoms with Crippen molar-refractivity contribution in [1.29, 1.82) is 0 Å². The summed E-state index contributed by atoms with van der Waals surface area (Å²) in [5.41, 5.74) is 9.92. The molecule has 0 radical (unpaired) electrons. The highest BCUT2D eigenvalue weighted by Gasteiger charge is 2.21. The van der Waals surface area contributed by atoms with E-state index in [1.165, 1.54) is 44.1 Å². The van der Waals surface area contributed by atoms with Crippen LogP contribution in [-0.2, 0) is 26.0 Å². The molecule has 2 amide bonds. The Balaban J connectivity index is 1.71. The number of carbonyl (C=O) groups excluding carboxylic acids is 2. The minimum Gasteiger partial charge on any atom is -0.325 e. The van der Waals surface area contributed by atoms with Crippen molar-refractivity contribution in [2.75, 3.05) is 15.5 Å². The van der Waals surface area contributed by atoms with Crippen molar-refractivity contribution >= 4 is 39.4 Å². The highest BCUT2D eigenvalue weighted by Crippen LogP contribution is 2.30. The summed E-state index contributed by atoms with van der Waals surface area (Å²) in [6.45, 7) is 7.97. The second kappa shape index (κ2) is 15.2. The van der Waals surface area contributed by atoms with Crippen molar-refractivity contribution < 1.29 is 18.0 Å². The zero-order valence-corrected chi connectivity index (χ0v) is 25.2. The van der Waals surface area contributed by atoms with E-state index >= 15 is 0 Å². The molecule has 0 aliphatic heterocycles. The van der Waals surface area contributed by atoms with Crippen molar-refractivity contribution in [2.24, 2.45) is 0 Å². The number of anilines is 3. The molecule has 0 atom stereocenters. The van der Waals surface area contributed by atoms with Gasteiger partial charge in [0.05, 0.1) is 17.0 Å². The van der Waals surface area contributed by atoms with Gasteiger partial charge in [-0.05, 0) is 85.2 Å². The molecule has 0 fully saturated rings. The lowest BCUT2D eigenvalue weighted by atomic mass is 9.88. The van der Waals surface area contributed by atoms with Crippen LogP contribution < -0.4 is 20.9 Å². The molecule has 4 N–H and O–H groups in total. The average Bonchev–Trinajstić information content (AvgIpc) is 2.95. The molecule has 0 aliphatic carbocycles. The third-order valence-corrected chi connectivity index (χ3v) is 8.74. The second-order valence-corrected chi connectivity index (χ2v) is 12.0. The van der Waals surface area contributed by atoms with Gasteiger partial charge in [0.2, 0.25) is 12.3 Å². The summed E-state index contributed by atoms with van der Waals surface area (Å²) in [6, 6.07) is 18.0. The van der Waals surface area contributed by atoms with Crippen LogP contribution in [0, 0.1) is 13.8 Å². The number of hydrazine groups is 1. The number of hydrogen-bond donors (Lipinski definition) is 4. The van der Waals surface area contributed by atoms with Crippen molar-refractivity contribution in [3.05, 3.63) is 82.9 Å². The van der Waals surface area contributed by atoms with Gasteiger partial charge in [0, 0.05) is 11.4 Å². The first-order valence-corrected chi connectivity index (χ1v) is 15.7. The van der Waals surface area contributed by atoms with E-state index in [4.69, 9.17) is 0 Å². The summed E-state index contributed by atoms with van der Waals surface area (Å²) in [5, 5.41) is 2.95. The SMILES string of the molecule is CCCCC(CCCC)c1ccc(CC(=O)Nc2c(C)ccc(S(=O)(=O)Nc3ccc(NNC=O)cc3)c2C)cc1. The van der Waals surface area contributed by atoms with E-state index in [9.17, 15) is 18.0 Å². The number of benzene rings is 3. The van der Waals surface area contributed by atoms with Crippen LogP contribution in [0.15, 0.2) is 65.6 Å². The Bertz CT molecular complexity index is 1400. The molecule has 3 aromatic carbocycles. The number of hydrogen-bond acceptors (Lipinski definition) is 5. The van der Waals surface area contributed by atoms with Gasteiger partial charge in [0.25, 0.3) is 10.0 Å². The fraction of sp³-hybridized carbons (Fsp3) is 0.375. The molecule has 0 aliphatic rings. The number of sulfonamides is 1. The van der Waals surface area contributed by atoms with Crippen LogP contribution in [0.3, 0.4) is 0 Å². The van der Waals surface area contributed by atoms with Crippen molar-refractivity contribution in [3.63, 3.8) is 0 Å². The molecule has 0 bridgehead atoms. The van der Waals surface area contributed by atoms with Crippen LogP contribution in [-0.4, -0.2) is 20.7 Å². The molecule has 8 nitrogen and oxygen atoms in total. The molecule has 0 heterocycles. The van der Waals surface area contributed by atoms with Gasteiger partial charge < -0.3 is 5.32 Å². The topological polar surface area (TPSA) is 116 Å². The van der Waals surface area contributed by atoms with Gasteiger partial charge in [0.15, 0.2) is 0 Å². The smallest absolute Gasteiger partial charge is 0.262 e. The zero-order valence-electron chi connectivity index (χ0n) is 24.4. The average molecular weight is 579 g/mol. The number of aryl methyl sites for hydroxylation is 1. The molecule has 0 saturated carbocycles. The molecule has 9 heteroatoms. The molecule has 0 aromatic heterocycles. The molecule has 220 valence electrons. The Kier molecular flexibility index (Phi) is 11.8. The number of carbonyl (C=O) groups is 2. The van der Waals surface area contributed by atoms with Gasteiger partial charge in [-0.1, -0.05) is 69.9 Å². The van der Waals surface area contributed by atoms with Crippen LogP contribution in [0.5, 0.6) is 0 Å².